The Balaban J connectivity index is 4.16. The molecule has 0 heterocycles. The summed E-state index contributed by atoms with van der Waals surface area (Å²) in [6.45, 7) is 7.43. The second-order valence-electron chi connectivity index (χ2n) is 4.28. The fourth-order valence-corrected chi connectivity index (χ4v) is 1.01. The van der Waals surface area contributed by atoms with E-state index in [0.717, 1.165) is 0 Å². The van der Waals surface area contributed by atoms with Gasteiger partial charge in [0.05, 0.1) is 0 Å². The van der Waals surface area contributed by atoms with E-state index in [0.29, 0.717) is 5.92 Å². The molecule has 92 valence electrons. The predicted molar refractivity (Wildman–Crippen MR) is 61.9 cm³/mol. The summed E-state index contributed by atoms with van der Waals surface area (Å²) in [7, 11) is 0. The Hall–Kier alpha value is -1.52. The third-order valence-corrected chi connectivity index (χ3v) is 1.91. The van der Waals surface area contributed by atoms with E-state index in [1.54, 1.807) is 13.8 Å². The van der Waals surface area contributed by atoms with Crippen LogP contribution in [0.25, 0.3) is 0 Å². The maximum absolute atomic E-state index is 11.3. The highest BCUT2D eigenvalue weighted by atomic mass is 16.4. The van der Waals surface area contributed by atoms with Crippen LogP contribution in [-0.4, -0.2) is 23.1 Å². The van der Waals surface area contributed by atoms with Gasteiger partial charge in [-0.25, -0.2) is 9.59 Å². The molecule has 0 rings (SSSR count). The molecule has 0 aromatic rings. The summed E-state index contributed by atoms with van der Waals surface area (Å²) in [5.41, 5.74) is 0. The van der Waals surface area contributed by atoms with Crippen LogP contribution in [0.4, 0.5) is 4.79 Å². The Bertz CT molecular complexity index is 272. The number of amides is 2. The zero-order valence-corrected chi connectivity index (χ0v) is 10.2. The van der Waals surface area contributed by atoms with Crippen molar-refractivity contribution < 1.29 is 14.7 Å². The minimum Gasteiger partial charge on any atom is -0.480 e. The quantitative estimate of drug-likeness (QED) is 0.668. The summed E-state index contributed by atoms with van der Waals surface area (Å²) in [5, 5.41) is 13.7. The van der Waals surface area contributed by atoms with E-state index in [1.165, 1.54) is 6.20 Å². The van der Waals surface area contributed by atoms with Gasteiger partial charge >= 0.3 is 12.0 Å². The van der Waals surface area contributed by atoms with Gasteiger partial charge in [-0.1, -0.05) is 33.8 Å². The van der Waals surface area contributed by atoms with Gasteiger partial charge in [0.15, 0.2) is 0 Å². The normalized spacial score (nSPS) is 13.1. The molecular weight excluding hydrogens is 208 g/mol. The van der Waals surface area contributed by atoms with Crippen LogP contribution in [0.3, 0.4) is 0 Å². The van der Waals surface area contributed by atoms with E-state index in [9.17, 15) is 9.59 Å². The number of aliphatic carboxylic acids is 1. The van der Waals surface area contributed by atoms with Gasteiger partial charge in [0.25, 0.3) is 0 Å². The largest absolute Gasteiger partial charge is 0.480 e. The molecule has 0 saturated heterocycles. The Labute approximate surface area is 95.9 Å². The molecule has 0 aromatic carbocycles. The third-order valence-electron chi connectivity index (χ3n) is 1.91. The molecule has 0 spiro atoms. The fraction of sp³-hybridized carbons (Fsp3) is 0.636. The van der Waals surface area contributed by atoms with Crippen LogP contribution in [0, 0.1) is 11.8 Å². The van der Waals surface area contributed by atoms with Gasteiger partial charge in [-0.15, -0.1) is 0 Å². The molecule has 0 radical (unpaired) electrons. The van der Waals surface area contributed by atoms with Gasteiger partial charge in [-0.3, -0.25) is 0 Å². The summed E-state index contributed by atoms with van der Waals surface area (Å²) in [5.74, 6) is -0.851. The van der Waals surface area contributed by atoms with Crippen molar-refractivity contribution in [1.82, 2.24) is 10.6 Å². The highest BCUT2D eigenvalue weighted by Gasteiger charge is 2.22. The van der Waals surface area contributed by atoms with Crippen molar-refractivity contribution in [2.24, 2.45) is 11.8 Å². The summed E-state index contributed by atoms with van der Waals surface area (Å²) < 4.78 is 0. The van der Waals surface area contributed by atoms with E-state index >= 15 is 0 Å². The molecule has 0 aliphatic heterocycles. The molecule has 1 unspecified atom stereocenters. The van der Waals surface area contributed by atoms with Crippen molar-refractivity contribution in [3.8, 4) is 0 Å². The second-order valence-corrected chi connectivity index (χ2v) is 4.28. The van der Waals surface area contributed by atoms with E-state index in [4.69, 9.17) is 5.11 Å². The zero-order chi connectivity index (χ0) is 12.7. The second kappa shape index (κ2) is 6.87. The van der Waals surface area contributed by atoms with E-state index in [1.807, 2.05) is 19.9 Å². The minimum absolute atomic E-state index is 0.155. The van der Waals surface area contributed by atoms with Crippen LogP contribution in [0.15, 0.2) is 12.3 Å². The number of carboxylic acid groups (broad SMARTS) is 1. The first-order valence-corrected chi connectivity index (χ1v) is 5.31. The van der Waals surface area contributed by atoms with E-state index in [-0.39, 0.29) is 5.92 Å². The van der Waals surface area contributed by atoms with Crippen molar-refractivity contribution in [3.05, 3.63) is 12.3 Å². The minimum atomic E-state index is -1.03. The predicted octanol–water partition coefficient (Wildman–Crippen LogP) is 1.56. The van der Waals surface area contributed by atoms with Crippen molar-refractivity contribution in [2.75, 3.05) is 0 Å². The van der Waals surface area contributed by atoms with E-state index in [2.05, 4.69) is 10.6 Å². The average molecular weight is 228 g/mol. The molecular formula is C11H20N2O3. The number of hydrogen-bond acceptors (Lipinski definition) is 2. The molecule has 0 aliphatic carbocycles. The van der Waals surface area contributed by atoms with Crippen LogP contribution < -0.4 is 10.6 Å². The molecule has 5 heteroatoms. The van der Waals surface area contributed by atoms with Crippen LogP contribution in [0.2, 0.25) is 0 Å². The smallest absolute Gasteiger partial charge is 0.326 e. The van der Waals surface area contributed by atoms with Crippen molar-refractivity contribution in [3.63, 3.8) is 0 Å². The Morgan fingerprint density at radius 1 is 1.19 bits per heavy atom. The van der Waals surface area contributed by atoms with Gasteiger partial charge in [-0.05, 0) is 11.8 Å². The SMILES string of the molecule is CC(C)/C=C/NC(=O)NC(C(=O)O)C(C)C. The monoisotopic (exact) mass is 228 g/mol. The molecule has 16 heavy (non-hydrogen) atoms. The topological polar surface area (TPSA) is 78.4 Å². The molecule has 0 bridgehead atoms. The third kappa shape index (κ3) is 6.06. The molecule has 2 amide bonds. The van der Waals surface area contributed by atoms with Crippen molar-refractivity contribution >= 4 is 12.0 Å². The molecule has 5 nitrogen and oxygen atoms in total. The molecule has 0 aliphatic rings. The maximum atomic E-state index is 11.3. The van der Waals surface area contributed by atoms with Gasteiger partial charge in [-0.2, -0.15) is 0 Å². The first-order valence-electron chi connectivity index (χ1n) is 5.31. The summed E-state index contributed by atoms with van der Waals surface area (Å²) in [4.78, 5) is 22.1. The Morgan fingerprint density at radius 2 is 1.75 bits per heavy atom. The summed E-state index contributed by atoms with van der Waals surface area (Å²) >= 11 is 0. The number of carbonyl (C=O) groups excluding carboxylic acids is 1. The lowest BCUT2D eigenvalue weighted by Crippen LogP contribution is -2.47. The molecule has 3 N–H and O–H groups in total. The maximum Gasteiger partial charge on any atom is 0.326 e. The number of urea groups is 1. The van der Waals surface area contributed by atoms with Crippen molar-refractivity contribution in [1.29, 1.82) is 0 Å². The van der Waals surface area contributed by atoms with Gasteiger partial charge < -0.3 is 15.7 Å². The standard InChI is InChI=1S/C11H20N2O3/c1-7(2)5-6-12-11(16)13-9(8(3)4)10(14)15/h5-9H,1-4H3,(H,14,15)(H2,12,13,16)/b6-5+. The number of carbonyl (C=O) groups is 2. The van der Waals surface area contributed by atoms with Crippen molar-refractivity contribution in [2.45, 2.75) is 33.7 Å². The lowest BCUT2D eigenvalue weighted by Gasteiger charge is -2.17. The summed E-state index contributed by atoms with van der Waals surface area (Å²) in [6, 6.07) is -1.37. The number of allylic oxidation sites excluding steroid dienone is 1. The van der Waals surface area contributed by atoms with Gasteiger partial charge in [0, 0.05) is 6.20 Å². The lowest BCUT2D eigenvalue weighted by atomic mass is 10.1. The molecule has 1 atom stereocenters. The fourth-order valence-electron chi connectivity index (χ4n) is 1.01. The van der Waals surface area contributed by atoms with Crippen LogP contribution in [-0.2, 0) is 4.79 Å². The molecule has 0 fully saturated rings. The highest BCUT2D eigenvalue weighted by Crippen LogP contribution is 2.01. The average Bonchev–Trinajstić information content (AvgIpc) is 2.12. The van der Waals surface area contributed by atoms with Crippen LogP contribution >= 0.6 is 0 Å². The van der Waals surface area contributed by atoms with Crippen LogP contribution in [0.1, 0.15) is 27.7 Å². The Kier molecular flexibility index (Phi) is 6.22. The van der Waals surface area contributed by atoms with Gasteiger partial charge in [0.2, 0.25) is 0 Å². The molecule has 0 aromatic heterocycles. The van der Waals surface area contributed by atoms with E-state index < -0.39 is 18.0 Å². The highest BCUT2D eigenvalue weighted by molar-refractivity contribution is 5.83. The van der Waals surface area contributed by atoms with Gasteiger partial charge in [0.1, 0.15) is 6.04 Å². The zero-order valence-electron chi connectivity index (χ0n) is 10.2. The first kappa shape index (κ1) is 14.5. The number of carboxylic acids is 1. The first-order chi connectivity index (χ1) is 7.34. The number of hydrogen-bond donors (Lipinski definition) is 3. The molecule has 0 saturated carbocycles. The Morgan fingerprint density at radius 3 is 2.12 bits per heavy atom. The summed E-state index contributed by atoms with van der Waals surface area (Å²) in [6.07, 6.45) is 3.32. The number of rotatable bonds is 5. The lowest BCUT2D eigenvalue weighted by molar-refractivity contribution is -0.140. The number of nitrogens with one attached hydrogen (secondary N) is 2. The van der Waals surface area contributed by atoms with Crippen LogP contribution in [0.5, 0.6) is 0 Å².